The van der Waals surface area contributed by atoms with E-state index in [0.29, 0.717) is 18.0 Å². The van der Waals surface area contributed by atoms with E-state index in [4.69, 9.17) is 11.6 Å². The maximum Gasteiger partial charge on any atom is 0.226 e. The molecule has 0 radical (unpaired) electrons. The van der Waals surface area contributed by atoms with E-state index in [2.05, 4.69) is 57.3 Å². The van der Waals surface area contributed by atoms with E-state index < -0.39 is 0 Å². The molecule has 0 bridgehead atoms. The van der Waals surface area contributed by atoms with Gasteiger partial charge in [-0.1, -0.05) is 23.8 Å². The number of imidazole rings is 1. The number of anilines is 1. The van der Waals surface area contributed by atoms with Crippen molar-refractivity contribution in [3.05, 3.63) is 46.5 Å². The molecule has 2 aromatic heterocycles. The van der Waals surface area contributed by atoms with Gasteiger partial charge in [0.25, 0.3) is 0 Å². The third-order valence-corrected chi connectivity index (χ3v) is 3.37. The van der Waals surface area contributed by atoms with Crippen molar-refractivity contribution in [3.8, 4) is 0 Å². The van der Waals surface area contributed by atoms with Gasteiger partial charge in [-0.25, -0.2) is 4.98 Å². The molecule has 0 spiro atoms. The SMILES string of the molecule is Cc1ccc(CNc2nc(Cl)nc3nc[nH]c23)c(C)c1. The van der Waals surface area contributed by atoms with Gasteiger partial charge in [-0.05, 0) is 36.6 Å². The van der Waals surface area contributed by atoms with Gasteiger partial charge < -0.3 is 10.3 Å². The zero-order valence-corrected chi connectivity index (χ0v) is 12.0. The second-order valence-corrected chi connectivity index (χ2v) is 5.06. The zero-order valence-electron chi connectivity index (χ0n) is 11.2. The Hall–Kier alpha value is -2.14. The van der Waals surface area contributed by atoms with Crippen molar-refractivity contribution in [1.82, 2.24) is 19.9 Å². The lowest BCUT2D eigenvalue weighted by molar-refractivity contribution is 1.08. The second-order valence-electron chi connectivity index (χ2n) is 4.73. The maximum absolute atomic E-state index is 5.90. The predicted molar refractivity (Wildman–Crippen MR) is 79.9 cm³/mol. The molecule has 6 heteroatoms. The van der Waals surface area contributed by atoms with Crippen LogP contribution in [0.1, 0.15) is 16.7 Å². The van der Waals surface area contributed by atoms with Crippen LogP contribution in [0, 0.1) is 13.8 Å². The molecule has 0 fully saturated rings. The molecule has 0 aliphatic rings. The van der Waals surface area contributed by atoms with E-state index in [1.165, 1.54) is 16.7 Å². The number of rotatable bonds is 3. The van der Waals surface area contributed by atoms with Crippen molar-refractivity contribution in [3.63, 3.8) is 0 Å². The van der Waals surface area contributed by atoms with Gasteiger partial charge in [-0.3, -0.25) is 0 Å². The third kappa shape index (κ3) is 2.44. The number of benzene rings is 1. The smallest absolute Gasteiger partial charge is 0.226 e. The summed E-state index contributed by atoms with van der Waals surface area (Å²) in [7, 11) is 0. The zero-order chi connectivity index (χ0) is 14.1. The number of H-pyrrole nitrogens is 1. The number of nitrogens with zero attached hydrogens (tertiary/aromatic N) is 3. The third-order valence-electron chi connectivity index (χ3n) is 3.20. The van der Waals surface area contributed by atoms with Crippen LogP contribution in [0.15, 0.2) is 24.5 Å². The second kappa shape index (κ2) is 5.09. The highest BCUT2D eigenvalue weighted by molar-refractivity contribution is 6.28. The molecule has 0 atom stereocenters. The van der Waals surface area contributed by atoms with Gasteiger partial charge in [0, 0.05) is 6.54 Å². The molecule has 20 heavy (non-hydrogen) atoms. The van der Waals surface area contributed by atoms with E-state index in [1.54, 1.807) is 6.33 Å². The van der Waals surface area contributed by atoms with Crippen LogP contribution >= 0.6 is 11.6 Å². The number of nitrogens with one attached hydrogen (secondary N) is 2. The number of aromatic nitrogens is 4. The number of aryl methyl sites for hydroxylation is 2. The largest absolute Gasteiger partial charge is 0.364 e. The van der Waals surface area contributed by atoms with E-state index in [9.17, 15) is 0 Å². The Morgan fingerprint density at radius 1 is 1.25 bits per heavy atom. The Balaban J connectivity index is 1.88. The minimum absolute atomic E-state index is 0.188. The lowest BCUT2D eigenvalue weighted by Crippen LogP contribution is -2.04. The first-order valence-electron chi connectivity index (χ1n) is 6.30. The first-order valence-corrected chi connectivity index (χ1v) is 6.68. The number of hydrogen-bond donors (Lipinski definition) is 2. The van der Waals surface area contributed by atoms with Crippen LogP contribution in [0.5, 0.6) is 0 Å². The van der Waals surface area contributed by atoms with Crippen LogP contribution < -0.4 is 5.32 Å². The summed E-state index contributed by atoms with van der Waals surface area (Å²) >= 11 is 5.90. The summed E-state index contributed by atoms with van der Waals surface area (Å²) in [6, 6.07) is 6.38. The van der Waals surface area contributed by atoms with Crippen molar-refractivity contribution in [1.29, 1.82) is 0 Å². The molecule has 2 heterocycles. The van der Waals surface area contributed by atoms with Crippen molar-refractivity contribution in [2.75, 3.05) is 5.32 Å². The van der Waals surface area contributed by atoms with Gasteiger partial charge in [0.15, 0.2) is 11.5 Å². The molecule has 0 amide bonds. The van der Waals surface area contributed by atoms with Crippen LogP contribution in [-0.4, -0.2) is 19.9 Å². The summed E-state index contributed by atoms with van der Waals surface area (Å²) in [4.78, 5) is 15.4. The number of halogens is 1. The Morgan fingerprint density at radius 3 is 2.90 bits per heavy atom. The van der Waals surface area contributed by atoms with Crippen LogP contribution in [-0.2, 0) is 6.54 Å². The Labute approximate surface area is 121 Å². The lowest BCUT2D eigenvalue weighted by Gasteiger charge is -2.09. The molecule has 0 aliphatic carbocycles. The highest BCUT2D eigenvalue weighted by Gasteiger charge is 2.09. The summed E-state index contributed by atoms with van der Waals surface area (Å²) in [5.41, 5.74) is 5.05. The quantitative estimate of drug-likeness (QED) is 0.726. The molecule has 2 N–H and O–H groups in total. The lowest BCUT2D eigenvalue weighted by atomic mass is 10.1. The monoisotopic (exact) mass is 287 g/mol. The van der Waals surface area contributed by atoms with Gasteiger partial charge in [0.2, 0.25) is 5.28 Å². The summed E-state index contributed by atoms with van der Waals surface area (Å²) in [5, 5.41) is 3.47. The van der Waals surface area contributed by atoms with Crippen LogP contribution in [0.2, 0.25) is 5.28 Å². The molecule has 5 nitrogen and oxygen atoms in total. The van der Waals surface area contributed by atoms with Gasteiger partial charge in [0.1, 0.15) is 5.52 Å². The van der Waals surface area contributed by atoms with E-state index in [-0.39, 0.29) is 5.28 Å². The average Bonchev–Trinajstić information content (AvgIpc) is 2.85. The van der Waals surface area contributed by atoms with E-state index in [1.807, 2.05) is 0 Å². The standard InChI is InChI=1S/C14H14ClN5/c1-8-3-4-10(9(2)5-8)6-16-12-11-13(18-7-17-11)20-14(15)19-12/h3-5,7H,6H2,1-2H3,(H2,16,17,18,19,20). The van der Waals surface area contributed by atoms with E-state index in [0.717, 1.165) is 5.52 Å². The number of fused-ring (bicyclic) bond motifs is 1. The first-order chi connectivity index (χ1) is 9.63. The van der Waals surface area contributed by atoms with Crippen molar-refractivity contribution < 1.29 is 0 Å². The number of aromatic amines is 1. The van der Waals surface area contributed by atoms with Crippen molar-refractivity contribution in [2.45, 2.75) is 20.4 Å². The van der Waals surface area contributed by atoms with Crippen LogP contribution in [0.4, 0.5) is 5.82 Å². The van der Waals surface area contributed by atoms with Gasteiger partial charge in [0.05, 0.1) is 6.33 Å². The maximum atomic E-state index is 5.90. The average molecular weight is 288 g/mol. The summed E-state index contributed by atoms with van der Waals surface area (Å²) in [5.74, 6) is 0.664. The van der Waals surface area contributed by atoms with E-state index >= 15 is 0 Å². The number of hydrogen-bond acceptors (Lipinski definition) is 4. The Kier molecular flexibility index (Phi) is 3.28. The molecule has 0 aliphatic heterocycles. The fraction of sp³-hybridized carbons (Fsp3) is 0.214. The van der Waals surface area contributed by atoms with Crippen molar-refractivity contribution in [2.24, 2.45) is 0 Å². The highest BCUT2D eigenvalue weighted by atomic mass is 35.5. The molecule has 3 aromatic rings. The summed E-state index contributed by atoms with van der Waals surface area (Å²) < 4.78 is 0. The predicted octanol–water partition coefficient (Wildman–Crippen LogP) is 3.24. The molecule has 1 aromatic carbocycles. The molecule has 0 saturated carbocycles. The van der Waals surface area contributed by atoms with Gasteiger partial charge in [-0.15, -0.1) is 0 Å². The molecular weight excluding hydrogens is 274 g/mol. The van der Waals surface area contributed by atoms with Crippen LogP contribution in [0.3, 0.4) is 0 Å². The molecule has 102 valence electrons. The molecule has 3 rings (SSSR count). The topological polar surface area (TPSA) is 66.5 Å². The van der Waals surface area contributed by atoms with Gasteiger partial charge in [-0.2, -0.15) is 9.97 Å². The van der Waals surface area contributed by atoms with Crippen molar-refractivity contribution >= 4 is 28.6 Å². The normalized spacial score (nSPS) is 10.9. The molecular formula is C14H14ClN5. The Bertz CT molecular complexity index is 765. The highest BCUT2D eigenvalue weighted by Crippen LogP contribution is 2.20. The van der Waals surface area contributed by atoms with Crippen LogP contribution in [0.25, 0.3) is 11.2 Å². The molecule has 0 saturated heterocycles. The minimum atomic E-state index is 0.188. The van der Waals surface area contributed by atoms with Gasteiger partial charge >= 0.3 is 0 Å². The summed E-state index contributed by atoms with van der Waals surface area (Å²) in [6.07, 6.45) is 1.58. The fourth-order valence-corrected chi connectivity index (χ4v) is 2.32. The summed E-state index contributed by atoms with van der Waals surface area (Å²) in [6.45, 7) is 4.86. The minimum Gasteiger partial charge on any atom is -0.364 e. The fourth-order valence-electron chi connectivity index (χ4n) is 2.16. The Morgan fingerprint density at radius 2 is 2.10 bits per heavy atom. The first kappa shape index (κ1) is 12.9. The molecule has 0 unspecified atom stereocenters.